The molecule has 0 saturated carbocycles. The summed E-state index contributed by atoms with van der Waals surface area (Å²) in [6.45, 7) is 0.423. The fourth-order valence-electron chi connectivity index (χ4n) is 1.24. The van der Waals surface area contributed by atoms with Gasteiger partial charge in [0.1, 0.15) is 6.33 Å². The third kappa shape index (κ3) is 1.60. The number of pyridine rings is 1. The number of aromatic nitrogens is 3. The van der Waals surface area contributed by atoms with Gasteiger partial charge in [-0.1, -0.05) is 6.07 Å². The largest absolute Gasteiger partial charge is 0.326 e. The number of hydrogen-bond donors (Lipinski definition) is 1. The third-order valence-corrected chi connectivity index (χ3v) is 1.92. The van der Waals surface area contributed by atoms with E-state index in [-0.39, 0.29) is 0 Å². The SMILES string of the molecule is NCc1cncnc1-c1ccccn1. The molecule has 2 N–H and O–H groups in total. The van der Waals surface area contributed by atoms with Crippen LogP contribution in [0, 0.1) is 0 Å². The zero-order valence-electron chi connectivity index (χ0n) is 7.59. The Morgan fingerprint density at radius 1 is 1.21 bits per heavy atom. The first-order valence-electron chi connectivity index (χ1n) is 4.32. The lowest BCUT2D eigenvalue weighted by atomic mass is 10.1. The van der Waals surface area contributed by atoms with Crippen molar-refractivity contribution in [3.05, 3.63) is 42.5 Å². The van der Waals surface area contributed by atoms with E-state index in [4.69, 9.17) is 5.73 Å². The summed E-state index contributed by atoms with van der Waals surface area (Å²) in [7, 11) is 0. The molecule has 0 aromatic carbocycles. The molecule has 2 aromatic rings. The first kappa shape index (κ1) is 8.77. The average molecular weight is 186 g/mol. The van der Waals surface area contributed by atoms with Crippen LogP contribution < -0.4 is 5.73 Å². The summed E-state index contributed by atoms with van der Waals surface area (Å²) in [5.41, 5.74) is 8.13. The molecule has 0 aliphatic rings. The third-order valence-electron chi connectivity index (χ3n) is 1.92. The van der Waals surface area contributed by atoms with Crippen LogP contribution in [0.25, 0.3) is 11.4 Å². The van der Waals surface area contributed by atoms with Crippen LogP contribution in [0.5, 0.6) is 0 Å². The van der Waals surface area contributed by atoms with Crippen molar-refractivity contribution >= 4 is 0 Å². The normalized spacial score (nSPS) is 10.1. The molecule has 0 saturated heterocycles. The van der Waals surface area contributed by atoms with Crippen LogP contribution in [0.2, 0.25) is 0 Å². The Hall–Kier alpha value is -1.81. The van der Waals surface area contributed by atoms with Gasteiger partial charge in [0, 0.05) is 24.5 Å². The van der Waals surface area contributed by atoms with Crippen molar-refractivity contribution in [2.75, 3.05) is 0 Å². The van der Waals surface area contributed by atoms with Crippen LogP contribution in [0.4, 0.5) is 0 Å². The molecule has 4 heteroatoms. The summed E-state index contributed by atoms with van der Waals surface area (Å²) in [5.74, 6) is 0. The van der Waals surface area contributed by atoms with Crippen LogP contribution in [-0.2, 0) is 6.54 Å². The molecule has 0 fully saturated rings. The highest BCUT2D eigenvalue weighted by Gasteiger charge is 2.05. The summed E-state index contributed by atoms with van der Waals surface area (Å²) in [5, 5.41) is 0. The molecule has 0 spiro atoms. The second-order valence-corrected chi connectivity index (χ2v) is 2.82. The summed E-state index contributed by atoms with van der Waals surface area (Å²) in [4.78, 5) is 12.3. The maximum atomic E-state index is 5.58. The summed E-state index contributed by atoms with van der Waals surface area (Å²) < 4.78 is 0. The van der Waals surface area contributed by atoms with Gasteiger partial charge in [-0.3, -0.25) is 4.98 Å². The van der Waals surface area contributed by atoms with Crippen molar-refractivity contribution in [1.29, 1.82) is 0 Å². The van der Waals surface area contributed by atoms with Crippen molar-refractivity contribution < 1.29 is 0 Å². The van der Waals surface area contributed by atoms with E-state index < -0.39 is 0 Å². The van der Waals surface area contributed by atoms with E-state index in [1.807, 2.05) is 18.2 Å². The molecule has 0 amide bonds. The molecule has 0 bridgehead atoms. The van der Waals surface area contributed by atoms with E-state index >= 15 is 0 Å². The lowest BCUT2D eigenvalue weighted by Crippen LogP contribution is -2.02. The molecule has 0 radical (unpaired) electrons. The maximum absolute atomic E-state index is 5.58. The second-order valence-electron chi connectivity index (χ2n) is 2.82. The summed E-state index contributed by atoms with van der Waals surface area (Å²) in [6, 6.07) is 5.69. The minimum absolute atomic E-state index is 0.423. The van der Waals surface area contributed by atoms with Crippen molar-refractivity contribution in [3.8, 4) is 11.4 Å². The second kappa shape index (κ2) is 3.93. The smallest absolute Gasteiger partial charge is 0.116 e. The van der Waals surface area contributed by atoms with E-state index in [2.05, 4.69) is 15.0 Å². The van der Waals surface area contributed by atoms with Crippen molar-refractivity contribution in [2.24, 2.45) is 5.73 Å². The van der Waals surface area contributed by atoms with E-state index in [1.54, 1.807) is 12.4 Å². The van der Waals surface area contributed by atoms with Crippen molar-refractivity contribution in [2.45, 2.75) is 6.54 Å². The first-order valence-corrected chi connectivity index (χ1v) is 4.32. The molecule has 2 heterocycles. The number of nitrogens with two attached hydrogens (primary N) is 1. The zero-order chi connectivity index (χ0) is 9.80. The van der Waals surface area contributed by atoms with Gasteiger partial charge in [0.15, 0.2) is 0 Å². The molecule has 4 nitrogen and oxygen atoms in total. The molecule has 2 aromatic heterocycles. The monoisotopic (exact) mass is 186 g/mol. The Balaban J connectivity index is 2.51. The van der Waals surface area contributed by atoms with Crippen LogP contribution in [0.3, 0.4) is 0 Å². The number of nitrogens with zero attached hydrogens (tertiary/aromatic N) is 3. The number of rotatable bonds is 2. The van der Waals surface area contributed by atoms with Gasteiger partial charge in [-0.05, 0) is 12.1 Å². The standard InChI is InChI=1S/C10H10N4/c11-5-8-6-12-7-14-10(8)9-3-1-2-4-13-9/h1-4,6-7H,5,11H2. The Morgan fingerprint density at radius 2 is 2.14 bits per heavy atom. The topological polar surface area (TPSA) is 64.7 Å². The van der Waals surface area contributed by atoms with Crippen LogP contribution in [0.15, 0.2) is 36.9 Å². The van der Waals surface area contributed by atoms with E-state index in [0.717, 1.165) is 17.0 Å². The van der Waals surface area contributed by atoms with Crippen LogP contribution in [0.1, 0.15) is 5.56 Å². The molecule has 0 unspecified atom stereocenters. The van der Waals surface area contributed by atoms with Crippen molar-refractivity contribution in [3.63, 3.8) is 0 Å². The Labute approximate surface area is 81.9 Å². The molecule has 2 rings (SSSR count). The molecule has 14 heavy (non-hydrogen) atoms. The first-order chi connectivity index (χ1) is 6.92. The molecule has 70 valence electrons. The van der Waals surface area contributed by atoms with Crippen LogP contribution >= 0.6 is 0 Å². The highest BCUT2D eigenvalue weighted by molar-refractivity contribution is 5.57. The molecule has 0 aliphatic heterocycles. The van der Waals surface area contributed by atoms with Gasteiger partial charge in [-0.25, -0.2) is 9.97 Å². The molecular weight excluding hydrogens is 176 g/mol. The van der Waals surface area contributed by atoms with Crippen molar-refractivity contribution in [1.82, 2.24) is 15.0 Å². The predicted octanol–water partition coefficient (Wildman–Crippen LogP) is 0.997. The fraction of sp³-hybridized carbons (Fsp3) is 0.100. The average Bonchev–Trinajstić information content (AvgIpc) is 2.30. The van der Waals surface area contributed by atoms with Gasteiger partial charge in [-0.2, -0.15) is 0 Å². The van der Waals surface area contributed by atoms with Gasteiger partial charge >= 0.3 is 0 Å². The minimum atomic E-state index is 0.423. The highest BCUT2D eigenvalue weighted by atomic mass is 14.9. The molecule has 0 aliphatic carbocycles. The van der Waals surface area contributed by atoms with Gasteiger partial charge < -0.3 is 5.73 Å². The van der Waals surface area contributed by atoms with E-state index in [1.165, 1.54) is 6.33 Å². The van der Waals surface area contributed by atoms with E-state index in [9.17, 15) is 0 Å². The molecular formula is C10H10N4. The quantitative estimate of drug-likeness (QED) is 0.759. The zero-order valence-corrected chi connectivity index (χ0v) is 7.59. The number of hydrogen-bond acceptors (Lipinski definition) is 4. The highest BCUT2D eigenvalue weighted by Crippen LogP contribution is 2.16. The Bertz CT molecular complexity index is 413. The summed E-state index contributed by atoms with van der Waals surface area (Å²) in [6.07, 6.45) is 4.96. The lowest BCUT2D eigenvalue weighted by molar-refractivity contribution is 1.01. The minimum Gasteiger partial charge on any atom is -0.326 e. The lowest BCUT2D eigenvalue weighted by Gasteiger charge is -2.03. The van der Waals surface area contributed by atoms with Gasteiger partial charge in [-0.15, -0.1) is 0 Å². The predicted molar refractivity (Wildman–Crippen MR) is 53.2 cm³/mol. The summed E-state index contributed by atoms with van der Waals surface area (Å²) >= 11 is 0. The van der Waals surface area contributed by atoms with E-state index in [0.29, 0.717) is 6.54 Å². The van der Waals surface area contributed by atoms with Gasteiger partial charge in [0.2, 0.25) is 0 Å². The van der Waals surface area contributed by atoms with Gasteiger partial charge in [0.25, 0.3) is 0 Å². The Morgan fingerprint density at radius 3 is 2.86 bits per heavy atom. The maximum Gasteiger partial charge on any atom is 0.116 e. The van der Waals surface area contributed by atoms with Gasteiger partial charge in [0.05, 0.1) is 11.4 Å². The fourth-order valence-corrected chi connectivity index (χ4v) is 1.24. The molecule has 0 atom stereocenters. The Kier molecular flexibility index (Phi) is 2.46. The van der Waals surface area contributed by atoms with Crippen LogP contribution in [-0.4, -0.2) is 15.0 Å².